The SMILES string of the molecule is CN1CCCc2ccc(S(=O)(=O)N(C)CC(O)C3CC3)cc21. The van der Waals surface area contributed by atoms with Crippen molar-refractivity contribution in [1.29, 1.82) is 0 Å². The molecule has 1 unspecified atom stereocenters. The highest BCUT2D eigenvalue weighted by atomic mass is 32.2. The topological polar surface area (TPSA) is 60.9 Å². The van der Waals surface area contributed by atoms with Crippen LogP contribution in [0.3, 0.4) is 0 Å². The predicted molar refractivity (Wildman–Crippen MR) is 86.6 cm³/mol. The molecule has 3 rings (SSSR count). The zero-order valence-corrected chi connectivity index (χ0v) is 14.0. The van der Waals surface area contributed by atoms with Crippen LogP contribution >= 0.6 is 0 Å². The van der Waals surface area contributed by atoms with Gasteiger partial charge in [0.2, 0.25) is 10.0 Å². The Morgan fingerprint density at radius 2 is 2.14 bits per heavy atom. The minimum absolute atomic E-state index is 0.167. The number of likely N-dealkylation sites (N-methyl/N-ethyl adjacent to an activating group) is 1. The molecule has 0 bridgehead atoms. The minimum Gasteiger partial charge on any atom is -0.391 e. The third-order valence-corrected chi connectivity index (χ3v) is 6.55. The Kier molecular flexibility index (Phi) is 4.18. The maximum atomic E-state index is 12.7. The maximum Gasteiger partial charge on any atom is 0.242 e. The largest absolute Gasteiger partial charge is 0.391 e. The summed E-state index contributed by atoms with van der Waals surface area (Å²) in [5.74, 6) is 0.271. The Morgan fingerprint density at radius 3 is 2.82 bits per heavy atom. The van der Waals surface area contributed by atoms with E-state index in [9.17, 15) is 13.5 Å². The number of benzene rings is 1. The number of fused-ring (bicyclic) bond motifs is 1. The summed E-state index contributed by atoms with van der Waals surface area (Å²) in [6.45, 7) is 1.12. The first kappa shape index (κ1) is 15.8. The van der Waals surface area contributed by atoms with E-state index in [0.717, 1.165) is 37.9 Å². The number of anilines is 1. The summed E-state index contributed by atoms with van der Waals surface area (Å²) < 4.78 is 26.7. The Labute approximate surface area is 132 Å². The molecule has 22 heavy (non-hydrogen) atoms. The molecule has 0 amide bonds. The molecule has 6 heteroatoms. The van der Waals surface area contributed by atoms with Gasteiger partial charge in [0.25, 0.3) is 0 Å². The van der Waals surface area contributed by atoms with E-state index in [2.05, 4.69) is 4.90 Å². The molecular weight excluding hydrogens is 300 g/mol. The van der Waals surface area contributed by atoms with Gasteiger partial charge in [0.05, 0.1) is 11.0 Å². The van der Waals surface area contributed by atoms with Crippen molar-refractivity contribution in [3.8, 4) is 0 Å². The molecule has 1 aromatic carbocycles. The van der Waals surface area contributed by atoms with Gasteiger partial charge < -0.3 is 10.0 Å². The number of hydrogen-bond acceptors (Lipinski definition) is 4. The molecule has 5 nitrogen and oxygen atoms in total. The highest BCUT2D eigenvalue weighted by molar-refractivity contribution is 7.89. The molecule has 1 aliphatic heterocycles. The van der Waals surface area contributed by atoms with Crippen molar-refractivity contribution in [2.45, 2.75) is 36.7 Å². The molecule has 1 aliphatic carbocycles. The molecule has 0 aromatic heterocycles. The monoisotopic (exact) mass is 324 g/mol. The molecule has 1 aromatic rings. The summed E-state index contributed by atoms with van der Waals surface area (Å²) in [4.78, 5) is 2.42. The number of aliphatic hydroxyl groups is 1. The fraction of sp³-hybridized carbons (Fsp3) is 0.625. The lowest BCUT2D eigenvalue weighted by molar-refractivity contribution is 0.131. The fourth-order valence-corrected chi connectivity index (χ4v) is 4.28. The van der Waals surface area contributed by atoms with Crippen LogP contribution in [0.25, 0.3) is 0 Å². The van der Waals surface area contributed by atoms with Crippen LogP contribution in [0.2, 0.25) is 0 Å². The van der Waals surface area contributed by atoms with Gasteiger partial charge in [0.15, 0.2) is 0 Å². The van der Waals surface area contributed by atoms with Crippen molar-refractivity contribution in [2.75, 3.05) is 32.1 Å². The lowest BCUT2D eigenvalue weighted by Gasteiger charge is -2.28. The zero-order chi connectivity index (χ0) is 15.9. The lowest BCUT2D eigenvalue weighted by Crippen LogP contribution is -2.35. The van der Waals surface area contributed by atoms with E-state index >= 15 is 0 Å². The summed E-state index contributed by atoms with van der Waals surface area (Å²) in [7, 11) is -0.00931. The normalized spacial score (nSPS) is 20.1. The Bertz CT molecular complexity index is 655. The van der Waals surface area contributed by atoms with Crippen molar-refractivity contribution in [3.63, 3.8) is 0 Å². The summed E-state index contributed by atoms with van der Waals surface area (Å²) in [6, 6.07) is 5.38. The van der Waals surface area contributed by atoms with Gasteiger partial charge in [-0.25, -0.2) is 8.42 Å². The van der Waals surface area contributed by atoms with Gasteiger partial charge in [-0.2, -0.15) is 4.31 Å². The Hall–Kier alpha value is -1.11. The van der Waals surface area contributed by atoms with E-state index in [-0.39, 0.29) is 12.5 Å². The minimum atomic E-state index is -3.55. The molecule has 1 fully saturated rings. The molecule has 1 heterocycles. The van der Waals surface area contributed by atoms with E-state index in [4.69, 9.17) is 0 Å². The van der Waals surface area contributed by atoms with Gasteiger partial charge in [0, 0.05) is 32.9 Å². The van der Waals surface area contributed by atoms with Gasteiger partial charge in [0.1, 0.15) is 0 Å². The van der Waals surface area contributed by atoms with Crippen LogP contribution in [0.5, 0.6) is 0 Å². The molecule has 0 saturated heterocycles. The van der Waals surface area contributed by atoms with Crippen LogP contribution in [-0.4, -0.2) is 51.1 Å². The Morgan fingerprint density at radius 1 is 1.41 bits per heavy atom. The number of aliphatic hydroxyl groups excluding tert-OH is 1. The quantitative estimate of drug-likeness (QED) is 0.891. The zero-order valence-electron chi connectivity index (χ0n) is 13.2. The van der Waals surface area contributed by atoms with Gasteiger partial charge in [-0.05, 0) is 49.3 Å². The van der Waals surface area contributed by atoms with Crippen LogP contribution in [0.15, 0.2) is 23.1 Å². The number of hydrogen-bond donors (Lipinski definition) is 1. The van der Waals surface area contributed by atoms with E-state index in [1.807, 2.05) is 13.1 Å². The average Bonchev–Trinajstić information content (AvgIpc) is 3.31. The molecule has 122 valence electrons. The maximum absolute atomic E-state index is 12.7. The highest BCUT2D eigenvalue weighted by Gasteiger charge is 2.33. The van der Waals surface area contributed by atoms with E-state index in [1.54, 1.807) is 19.2 Å². The first-order chi connectivity index (χ1) is 10.4. The van der Waals surface area contributed by atoms with Crippen molar-refractivity contribution in [2.24, 2.45) is 5.92 Å². The first-order valence-electron chi connectivity index (χ1n) is 7.88. The van der Waals surface area contributed by atoms with Gasteiger partial charge in [-0.1, -0.05) is 6.07 Å². The number of nitrogens with zero attached hydrogens (tertiary/aromatic N) is 2. The molecule has 1 saturated carbocycles. The molecule has 0 radical (unpaired) electrons. The molecule has 2 aliphatic rings. The van der Waals surface area contributed by atoms with Crippen LogP contribution in [0.4, 0.5) is 5.69 Å². The second-order valence-corrected chi connectivity index (χ2v) is 8.55. The van der Waals surface area contributed by atoms with Crippen molar-refractivity contribution >= 4 is 15.7 Å². The number of sulfonamides is 1. The third-order valence-electron chi connectivity index (χ3n) is 4.73. The summed E-state index contributed by atoms with van der Waals surface area (Å²) in [6.07, 6.45) is 3.54. The predicted octanol–water partition coefficient (Wildman–Crippen LogP) is 1.46. The number of rotatable bonds is 5. The van der Waals surface area contributed by atoms with Crippen LogP contribution < -0.4 is 4.90 Å². The summed E-state index contributed by atoms with van der Waals surface area (Å²) in [5, 5.41) is 9.99. The second-order valence-electron chi connectivity index (χ2n) is 6.51. The first-order valence-corrected chi connectivity index (χ1v) is 9.32. The van der Waals surface area contributed by atoms with Crippen LogP contribution in [0.1, 0.15) is 24.8 Å². The lowest BCUT2D eigenvalue weighted by atomic mass is 10.0. The third kappa shape index (κ3) is 3.00. The summed E-state index contributed by atoms with van der Waals surface area (Å²) >= 11 is 0. The molecular formula is C16H24N2O3S. The smallest absolute Gasteiger partial charge is 0.242 e. The van der Waals surface area contributed by atoms with Gasteiger partial charge in [-0.3, -0.25) is 0 Å². The van der Waals surface area contributed by atoms with Gasteiger partial charge in [-0.15, -0.1) is 0 Å². The molecule has 0 spiro atoms. The fourth-order valence-electron chi connectivity index (χ4n) is 3.07. The van der Waals surface area contributed by atoms with Crippen LogP contribution in [-0.2, 0) is 16.4 Å². The van der Waals surface area contributed by atoms with E-state index in [1.165, 1.54) is 9.87 Å². The molecule has 1 N–H and O–H groups in total. The standard InChI is InChI=1S/C16H24N2O3S/c1-17-9-3-4-12-7-8-14(10-15(12)17)22(20,21)18(2)11-16(19)13-5-6-13/h7-8,10,13,16,19H,3-6,9,11H2,1-2H3. The van der Waals surface area contributed by atoms with Crippen molar-refractivity contribution in [1.82, 2.24) is 4.31 Å². The van der Waals surface area contributed by atoms with E-state index < -0.39 is 16.1 Å². The van der Waals surface area contributed by atoms with Crippen LogP contribution in [0, 0.1) is 5.92 Å². The summed E-state index contributed by atoms with van der Waals surface area (Å²) in [5.41, 5.74) is 2.21. The average molecular weight is 324 g/mol. The van der Waals surface area contributed by atoms with Crippen molar-refractivity contribution in [3.05, 3.63) is 23.8 Å². The second kappa shape index (κ2) is 5.83. The molecule has 1 atom stereocenters. The van der Waals surface area contributed by atoms with E-state index in [0.29, 0.717) is 4.90 Å². The van der Waals surface area contributed by atoms with Gasteiger partial charge >= 0.3 is 0 Å². The van der Waals surface area contributed by atoms with Crippen molar-refractivity contribution < 1.29 is 13.5 Å². The number of aryl methyl sites for hydroxylation is 1. The Balaban J connectivity index is 1.83. The highest BCUT2D eigenvalue weighted by Crippen LogP contribution is 2.34.